The second-order valence-electron chi connectivity index (χ2n) is 5.69. The molecule has 1 saturated heterocycles. The summed E-state index contributed by atoms with van der Waals surface area (Å²) in [6.45, 7) is -18.8. The number of nitrogens with zero attached hydrogens (tertiary/aromatic N) is 3. The van der Waals surface area contributed by atoms with Crippen LogP contribution in [0.2, 0.25) is 5.02 Å². The number of rotatable bonds is 5. The van der Waals surface area contributed by atoms with Crippen LogP contribution in [0.25, 0.3) is 0 Å². The first kappa shape index (κ1) is 6.27. The zero-order valence-corrected chi connectivity index (χ0v) is 15.8. The third-order valence-electron chi connectivity index (χ3n) is 3.58. The summed E-state index contributed by atoms with van der Waals surface area (Å²) in [5.74, 6) is -3.82. The zero-order valence-electron chi connectivity index (χ0n) is 39.0. The Morgan fingerprint density at radius 1 is 1.36 bits per heavy atom. The van der Waals surface area contributed by atoms with Crippen LogP contribution in [0.1, 0.15) is 70.4 Å². The number of halogens is 1. The van der Waals surface area contributed by atoms with Crippen molar-refractivity contribution in [3.63, 3.8) is 0 Å². The fourth-order valence-corrected chi connectivity index (χ4v) is 2.25. The highest BCUT2D eigenvalue weighted by Gasteiger charge is 2.24. The van der Waals surface area contributed by atoms with Crippen LogP contribution >= 0.6 is 11.6 Å². The van der Waals surface area contributed by atoms with Crippen molar-refractivity contribution in [2.45, 2.75) is 44.9 Å². The van der Waals surface area contributed by atoms with E-state index in [0.29, 0.717) is 7.05 Å². The Bertz CT molecular complexity index is 1540. The van der Waals surface area contributed by atoms with Crippen molar-refractivity contribution < 1.29 is 37.7 Å². The Balaban J connectivity index is 2.22. The van der Waals surface area contributed by atoms with Gasteiger partial charge in [0.15, 0.2) is 0 Å². The molecule has 3 rings (SSSR count). The number of nitrogens with one attached hydrogen (secondary N) is 1. The van der Waals surface area contributed by atoms with E-state index in [1.165, 1.54) is 5.32 Å². The first-order valence-corrected chi connectivity index (χ1v) is 8.45. The lowest BCUT2D eigenvalue weighted by molar-refractivity contribution is 0.194. The summed E-state index contributed by atoms with van der Waals surface area (Å²) < 4.78 is 202. The Morgan fingerprint density at radius 2 is 2.07 bits per heavy atom. The minimum atomic E-state index is -4.14. The fraction of sp³-hybridized carbons (Fsp3) is 0.682. The predicted molar refractivity (Wildman–Crippen MR) is 117 cm³/mol. The van der Waals surface area contributed by atoms with Gasteiger partial charge in [0.05, 0.1) is 21.7 Å². The molecule has 0 aromatic heterocycles. The van der Waals surface area contributed by atoms with Gasteiger partial charge in [-0.05, 0) is 62.9 Å². The summed E-state index contributed by atoms with van der Waals surface area (Å²) >= 11 is 6.27. The third-order valence-corrected chi connectivity index (χ3v) is 4.05. The number of anilines is 1. The van der Waals surface area contributed by atoms with Gasteiger partial charge in [0, 0.05) is 68.0 Å². The summed E-state index contributed by atoms with van der Waals surface area (Å²) in [6, 6.07) is -8.43. The molecule has 0 unspecified atom stereocenters. The summed E-state index contributed by atoms with van der Waals surface area (Å²) in [5, 5.41) is 0.732. The number of piperazine rings is 1. The van der Waals surface area contributed by atoms with Crippen LogP contribution in [0, 0.1) is 12.8 Å². The van der Waals surface area contributed by atoms with E-state index in [4.69, 9.17) is 44.5 Å². The molecule has 1 heterocycles. The lowest BCUT2D eigenvalue weighted by Crippen LogP contribution is -2.47. The zero-order chi connectivity index (χ0) is 41.4. The van der Waals surface area contributed by atoms with Crippen LogP contribution < -0.4 is 10.2 Å². The van der Waals surface area contributed by atoms with E-state index >= 15 is 0 Å². The van der Waals surface area contributed by atoms with Crippen LogP contribution in [0.4, 0.5) is 10.5 Å². The van der Waals surface area contributed by atoms with E-state index in [2.05, 4.69) is 0 Å². The van der Waals surface area contributed by atoms with Crippen molar-refractivity contribution in [2.24, 2.45) is 5.89 Å². The van der Waals surface area contributed by atoms with Gasteiger partial charge in [0.25, 0.3) is 0 Å². The Hall–Kier alpha value is -1.46. The molecular weight excluding hydrogens is 372 g/mol. The van der Waals surface area contributed by atoms with Gasteiger partial charge in [-0.3, -0.25) is 4.90 Å². The number of carbonyl (C=O) groups excluding carboxylic acids is 1. The lowest BCUT2D eigenvalue weighted by atomic mass is 9.84. The summed E-state index contributed by atoms with van der Waals surface area (Å²) in [7, 11) is 0.646. The molecule has 1 N–H and O–H groups in total. The molecule has 5 nitrogen and oxygen atoms in total. The second kappa shape index (κ2) is 9.84. The molecule has 0 radical (unpaired) electrons. The number of hydrogen-bond acceptors (Lipinski definition) is 3. The minimum Gasteiger partial charge on any atom is -0.368 e. The van der Waals surface area contributed by atoms with Gasteiger partial charge in [-0.2, -0.15) is 0 Å². The highest BCUT2D eigenvalue weighted by atomic mass is 35.5. The molecule has 1 aromatic rings. The number of amides is 2. The number of carbonyl (C=O) groups is 1. The fourth-order valence-electron chi connectivity index (χ4n) is 2.07. The quantitative estimate of drug-likeness (QED) is 0.767. The van der Waals surface area contributed by atoms with E-state index in [0.717, 1.165) is 6.92 Å². The minimum absolute atomic E-state index is 0.0703. The van der Waals surface area contributed by atoms with E-state index in [-0.39, 0.29) is 20.3 Å². The molecule has 1 aliphatic heterocycles. The van der Waals surface area contributed by atoms with E-state index in [1.54, 1.807) is 0 Å². The first-order valence-electron chi connectivity index (χ1n) is 20.1. The molecule has 2 aliphatic rings. The van der Waals surface area contributed by atoms with Crippen molar-refractivity contribution in [2.75, 3.05) is 51.5 Å². The van der Waals surface area contributed by atoms with Crippen LogP contribution in [0.15, 0.2) is 18.1 Å². The third kappa shape index (κ3) is 5.54. The molecule has 2 amide bonds. The lowest BCUT2D eigenvalue weighted by Gasteiger charge is -2.37. The highest BCUT2D eigenvalue weighted by molar-refractivity contribution is 6.34. The van der Waals surface area contributed by atoms with Gasteiger partial charge in [-0.1, -0.05) is 23.7 Å². The maximum absolute atomic E-state index is 12.7. The number of urea groups is 1. The van der Waals surface area contributed by atoms with Crippen LogP contribution in [0.5, 0.6) is 0 Å². The van der Waals surface area contributed by atoms with Gasteiger partial charge in [-0.15, -0.1) is 0 Å². The Morgan fingerprint density at radius 3 is 2.75 bits per heavy atom. The number of benzene rings is 1. The molecule has 156 valence electrons. The monoisotopic (exact) mass is 430 g/mol. The summed E-state index contributed by atoms with van der Waals surface area (Å²) in [6.07, 6.45) is -18.1. The van der Waals surface area contributed by atoms with Crippen LogP contribution in [-0.4, -0.2) is 68.4 Å². The molecule has 1 saturated carbocycles. The van der Waals surface area contributed by atoms with Gasteiger partial charge < -0.3 is 15.1 Å². The van der Waals surface area contributed by atoms with Crippen molar-refractivity contribution in [3.05, 3.63) is 28.7 Å². The molecule has 6 heteroatoms. The van der Waals surface area contributed by atoms with E-state index in [9.17, 15) is 4.79 Å². The van der Waals surface area contributed by atoms with Crippen molar-refractivity contribution in [1.29, 1.82) is 0 Å². The summed E-state index contributed by atoms with van der Waals surface area (Å²) in [5.41, 5.74) is -1.26. The predicted octanol–water partition coefficient (Wildman–Crippen LogP) is 3.99. The Kier molecular flexibility index (Phi) is 2.20. The molecule has 0 atom stereocenters. The normalized spacial score (nSPS) is 56.2. The molecule has 0 bridgehead atoms. The number of hydrogen-bond donors (Lipinski definition) is 1. The average molecular weight is 431 g/mol. The molecular formula is C22H35ClN4O. The van der Waals surface area contributed by atoms with Gasteiger partial charge in [-0.25, -0.2) is 4.79 Å². The van der Waals surface area contributed by atoms with Crippen molar-refractivity contribution >= 4 is 23.3 Å². The molecule has 2 fully saturated rings. The van der Waals surface area contributed by atoms with Crippen LogP contribution in [-0.2, 0) is 0 Å². The highest BCUT2D eigenvalue weighted by Crippen LogP contribution is 2.30. The largest absolute Gasteiger partial charge is 0.368 e. The van der Waals surface area contributed by atoms with Gasteiger partial charge in [0.2, 0.25) is 0 Å². The first-order chi connectivity index (χ1) is 22.7. The molecule has 0 spiro atoms. The van der Waals surface area contributed by atoms with Crippen molar-refractivity contribution in [3.8, 4) is 0 Å². The average Bonchev–Trinajstić information content (AvgIpc) is 2.97. The van der Waals surface area contributed by atoms with Gasteiger partial charge in [0.1, 0.15) is 0 Å². The van der Waals surface area contributed by atoms with Crippen LogP contribution in [0.3, 0.4) is 0 Å². The maximum atomic E-state index is 12.7. The summed E-state index contributed by atoms with van der Waals surface area (Å²) in [4.78, 5) is 12.3. The van der Waals surface area contributed by atoms with E-state index in [1.807, 2.05) is 0 Å². The second-order valence-corrected chi connectivity index (χ2v) is 6.07. The maximum Gasteiger partial charge on any atom is 0.317 e. The Labute approximate surface area is 208 Å². The molecule has 1 aromatic carbocycles. The van der Waals surface area contributed by atoms with Gasteiger partial charge >= 0.3 is 6.03 Å². The SMILES string of the molecule is [2H]c1c([2H])c(C)c(Cl)c(N2C([2H])([2H])C([2H])([2H])N(CCC3([2H])C([2H])([2H])C([2H])([2H])C([2H])(NC(=O)N(C)C([2H])([2H])[2H])C([2H])([2H])C3([2H])[2H])C([2H])([2H])C2([2H])[2H])c1[2H]. The molecule has 1 aliphatic carbocycles. The van der Waals surface area contributed by atoms with Crippen molar-refractivity contribution in [1.82, 2.24) is 15.1 Å². The topological polar surface area (TPSA) is 38.8 Å². The van der Waals surface area contributed by atoms with E-state index < -0.39 is 118 Å². The molecule has 28 heavy (non-hydrogen) atoms. The smallest absolute Gasteiger partial charge is 0.317 e. The standard InChI is InChI=1S/C22H35ClN4O/c1-17-5-4-6-20(21(17)23)27-15-13-26(14-16-27)12-11-18-7-9-19(10-8-18)24-22(28)25(2)3/h4-6,18-19H,7-16H2,1-3H3,(H,24,28)/i2D3,4D,5D,6D,7D2,8D2,9D2,10D2,13D2,14D2,15D2,16D2,18D,19D.